The Bertz CT molecular complexity index is 4540. The number of phenols is 1. The molecule has 19 nitrogen and oxygen atoms in total. The molecule has 105 heavy (non-hydrogen) atoms. The van der Waals surface area contributed by atoms with Crippen molar-refractivity contribution >= 4 is 70.0 Å². The molecular formula is C86H102N9O10+. The van der Waals surface area contributed by atoms with Gasteiger partial charge in [-0.1, -0.05) is 99.7 Å². The third-order valence-electron chi connectivity index (χ3n) is 21.2. The van der Waals surface area contributed by atoms with Gasteiger partial charge in [0.1, 0.15) is 24.5 Å². The fourth-order valence-electron chi connectivity index (χ4n) is 16.1. The second-order valence-corrected chi connectivity index (χ2v) is 29.3. The minimum Gasteiger partial charge on any atom is -0.506 e. The summed E-state index contributed by atoms with van der Waals surface area (Å²) in [4.78, 5) is 73.1. The van der Waals surface area contributed by atoms with E-state index >= 15 is 0 Å². The first kappa shape index (κ1) is 75.0. The van der Waals surface area contributed by atoms with E-state index in [9.17, 15) is 29.1 Å². The largest absolute Gasteiger partial charge is 0.506 e. The first-order chi connectivity index (χ1) is 50.9. The molecule has 1 aliphatic carbocycles. The third kappa shape index (κ3) is 17.7. The number of ether oxygens (including phenoxy) is 4. The first-order valence-electron chi connectivity index (χ1n) is 37.6. The number of fused-ring (bicyclic) bond motifs is 6. The molecule has 0 aromatic heterocycles. The lowest BCUT2D eigenvalue weighted by Crippen LogP contribution is -2.50. The number of hydrogen-bond donors (Lipinski definition) is 4. The van der Waals surface area contributed by atoms with E-state index in [1.54, 1.807) is 46.2 Å². The van der Waals surface area contributed by atoms with Crippen LogP contribution in [0.4, 0.5) is 22.7 Å². The molecular weight excluding hydrogens is 1320 g/mol. The van der Waals surface area contributed by atoms with Gasteiger partial charge in [0.2, 0.25) is 23.1 Å². The van der Waals surface area contributed by atoms with Crippen molar-refractivity contribution in [3.05, 3.63) is 216 Å². The molecule has 1 unspecified atom stereocenters. The number of carbonyl (C=O) groups is 5. The number of nitrogens with one attached hydrogen (secondary N) is 3. The monoisotopic (exact) mass is 1420 g/mol. The van der Waals surface area contributed by atoms with Gasteiger partial charge in [-0.2, -0.15) is 5.11 Å². The molecule has 7 aromatic carbocycles. The molecule has 0 radical (unpaired) electrons. The highest BCUT2D eigenvalue weighted by molar-refractivity contribution is 6.02. The number of carbonyl (C=O) groups excluding carboxylic acids is 5. The van der Waals surface area contributed by atoms with Gasteiger partial charge < -0.3 is 54.7 Å². The van der Waals surface area contributed by atoms with Gasteiger partial charge in [0.15, 0.2) is 0 Å². The maximum Gasteiger partial charge on any atom is 0.254 e. The van der Waals surface area contributed by atoms with E-state index in [4.69, 9.17) is 18.9 Å². The van der Waals surface area contributed by atoms with Crippen LogP contribution in [-0.4, -0.2) is 151 Å². The summed E-state index contributed by atoms with van der Waals surface area (Å²) in [5, 5.41) is 30.9. The molecule has 4 aliphatic heterocycles. The quantitative estimate of drug-likeness (QED) is 0.0182. The minimum atomic E-state index is -0.284. The van der Waals surface area contributed by atoms with Gasteiger partial charge in [0.05, 0.1) is 70.8 Å². The lowest BCUT2D eigenvalue weighted by Gasteiger charge is -2.48. The van der Waals surface area contributed by atoms with Gasteiger partial charge in [-0.25, -0.2) is 4.58 Å². The van der Waals surface area contributed by atoms with Crippen molar-refractivity contribution in [3.63, 3.8) is 0 Å². The third-order valence-corrected chi connectivity index (χ3v) is 21.2. The number of para-hydroxylation sites is 1. The van der Waals surface area contributed by atoms with Crippen LogP contribution in [0.5, 0.6) is 5.75 Å². The topological polar surface area (TPSA) is 216 Å². The molecule has 5 amide bonds. The Labute approximate surface area is 617 Å². The Balaban J connectivity index is 0.522. The first-order valence-corrected chi connectivity index (χ1v) is 37.6. The maximum atomic E-state index is 14.9. The Kier molecular flexibility index (Phi) is 24.7. The standard InChI is InChI=1S/C86H101N9O10/c1-8-95-75-55-72-70(54-69(75)58(2)56-85(95,3)4)80(71-53-63-21-15-42-93-43-16-24-68(82(63)93)81(71)86(72,5)6)66-22-12-13-23-67(66)84(101)92(7)41-17-26-77(97)87-38-35-59-27-34-73(76(96)52-59)91-90-65-32-30-62(31-33-65)83(100)89-40-45-103-47-49-105-51-50-104-48-46-102-44-37-78(98)88-39-36-79(99)94-57-64-20-10-9-18-60(64)28-29-61-19-11-14-25-74(61)94/h9-14,18-20,22-23,25,27-34,52-55,58H,8,15-17,21,24,26,35-51,56-57H2,1-7H3,(H3-,87,88,89,90,96,97,98,100)/p+1/b29-28-. The van der Waals surface area contributed by atoms with Crippen LogP contribution in [-0.2, 0) is 64.6 Å². The van der Waals surface area contributed by atoms with Gasteiger partial charge in [-0.15, -0.1) is 5.11 Å². The highest BCUT2D eigenvalue weighted by Crippen LogP contribution is 2.50. The molecule has 550 valence electrons. The molecule has 0 spiro atoms. The number of rotatable bonds is 31. The molecule has 7 aromatic rings. The van der Waals surface area contributed by atoms with Crippen LogP contribution >= 0.6 is 0 Å². The zero-order chi connectivity index (χ0) is 73.6. The summed E-state index contributed by atoms with van der Waals surface area (Å²) in [5.41, 5.74) is 18.0. The van der Waals surface area contributed by atoms with Crippen LogP contribution in [0, 0.1) is 0 Å². The number of phenolic OH excluding ortho intramolecular Hbond substituents is 1. The van der Waals surface area contributed by atoms with Crippen LogP contribution in [0.25, 0.3) is 17.7 Å². The van der Waals surface area contributed by atoms with Crippen molar-refractivity contribution < 1.29 is 48.0 Å². The Morgan fingerprint density at radius 1 is 0.657 bits per heavy atom. The van der Waals surface area contributed by atoms with Crippen LogP contribution in [0.15, 0.2) is 144 Å². The number of anilines is 2. The Morgan fingerprint density at radius 3 is 2.10 bits per heavy atom. The van der Waals surface area contributed by atoms with Crippen LogP contribution in [0.2, 0.25) is 0 Å². The van der Waals surface area contributed by atoms with Gasteiger partial charge >= 0.3 is 0 Å². The highest BCUT2D eigenvalue weighted by Gasteiger charge is 2.43. The summed E-state index contributed by atoms with van der Waals surface area (Å²) < 4.78 is 25.0. The van der Waals surface area contributed by atoms with Crippen molar-refractivity contribution in [3.8, 4) is 5.75 Å². The van der Waals surface area contributed by atoms with Gasteiger partial charge in [0, 0.05) is 111 Å². The van der Waals surface area contributed by atoms with Gasteiger partial charge in [-0.05, 0) is 186 Å². The lowest BCUT2D eigenvalue weighted by atomic mass is 9.64. The zero-order valence-corrected chi connectivity index (χ0v) is 62.1. The zero-order valence-electron chi connectivity index (χ0n) is 62.1. The maximum absolute atomic E-state index is 14.9. The Hall–Kier alpha value is -9.66. The van der Waals surface area contributed by atoms with Gasteiger partial charge in [-0.3, -0.25) is 24.0 Å². The molecule has 4 heterocycles. The molecule has 5 aliphatic rings. The minimum absolute atomic E-state index is 0.0194. The Morgan fingerprint density at radius 2 is 1.33 bits per heavy atom. The van der Waals surface area contributed by atoms with Crippen molar-refractivity contribution in [2.75, 3.05) is 116 Å². The van der Waals surface area contributed by atoms with E-state index in [1.807, 2.05) is 79.9 Å². The molecule has 0 saturated carbocycles. The number of amides is 5. The van der Waals surface area contributed by atoms with Crippen molar-refractivity contribution in [1.29, 1.82) is 0 Å². The predicted octanol–water partition coefficient (Wildman–Crippen LogP) is 11.8. The fourth-order valence-corrected chi connectivity index (χ4v) is 16.1. The lowest BCUT2D eigenvalue weighted by molar-refractivity contribution is -0.123. The average Bonchev–Trinajstić information content (AvgIpc) is 0.693. The normalized spacial score (nSPS) is 16.2. The van der Waals surface area contributed by atoms with E-state index in [-0.39, 0.29) is 84.3 Å². The van der Waals surface area contributed by atoms with Crippen LogP contribution in [0.1, 0.15) is 174 Å². The smallest absolute Gasteiger partial charge is 0.254 e. The van der Waals surface area contributed by atoms with Crippen molar-refractivity contribution in [2.24, 2.45) is 10.2 Å². The van der Waals surface area contributed by atoms with E-state index < -0.39 is 0 Å². The number of nitrogens with zero attached hydrogens (tertiary/aromatic N) is 6. The number of hydrogen-bond acceptors (Lipinski definition) is 13. The molecule has 0 bridgehead atoms. The summed E-state index contributed by atoms with van der Waals surface area (Å²) in [6, 6.07) is 43.3. The highest BCUT2D eigenvalue weighted by atomic mass is 16.6. The summed E-state index contributed by atoms with van der Waals surface area (Å²) >= 11 is 0. The van der Waals surface area contributed by atoms with E-state index in [0.717, 1.165) is 90.8 Å². The van der Waals surface area contributed by atoms with E-state index in [0.29, 0.717) is 108 Å². The molecule has 19 heteroatoms. The molecule has 0 fully saturated rings. The second-order valence-electron chi connectivity index (χ2n) is 29.3. The summed E-state index contributed by atoms with van der Waals surface area (Å²) in [7, 11) is 1.84. The second kappa shape index (κ2) is 34.5. The molecule has 12 rings (SSSR count). The predicted molar refractivity (Wildman–Crippen MR) is 413 cm³/mol. The van der Waals surface area contributed by atoms with E-state index in [1.165, 1.54) is 49.6 Å². The van der Waals surface area contributed by atoms with Gasteiger partial charge in [0.25, 0.3) is 11.8 Å². The van der Waals surface area contributed by atoms with Crippen LogP contribution in [0.3, 0.4) is 0 Å². The molecule has 0 saturated heterocycles. The SMILES string of the molecule is CCN1c2cc3c(cc2C(C)CC1(C)C)C(c1ccccc1C(=O)N(C)CCCC(=O)NCCc1ccc(N=Nc2ccc(C(=O)NCCOCCOCCOCCOCCC(=O)NCCC(=O)N4Cc5ccccc5/C=C\c5ccccc54)cc2)c(O)c1)=c1cc2c4c(c1C3(C)C)CCC[N+]=4CCC2. The average molecular weight is 1420 g/mol. The van der Waals surface area contributed by atoms with Crippen molar-refractivity contribution in [1.82, 2.24) is 25.4 Å². The van der Waals surface area contributed by atoms with Crippen molar-refractivity contribution in [2.45, 2.75) is 129 Å². The molecule has 4 N–H and O–H groups in total. The summed E-state index contributed by atoms with van der Waals surface area (Å²) in [5.74, 6) is -0.383. The number of aryl methyl sites for hydroxylation is 1. The number of azo groups is 1. The van der Waals surface area contributed by atoms with Crippen LogP contribution < -0.4 is 40.9 Å². The summed E-state index contributed by atoms with van der Waals surface area (Å²) in [6.07, 6.45) is 11.1. The number of aromatic hydroxyl groups is 1. The van der Waals surface area contributed by atoms with E-state index in [2.05, 4.69) is 114 Å². The summed E-state index contributed by atoms with van der Waals surface area (Å²) in [6.45, 7) is 21.8. The molecule has 1 atom stereocenters. The number of benzene rings is 7. The fraction of sp³-hybridized carbons (Fsp3) is 0.419.